The summed E-state index contributed by atoms with van der Waals surface area (Å²) < 4.78 is 40.8. The summed E-state index contributed by atoms with van der Waals surface area (Å²) >= 11 is 0. The van der Waals surface area contributed by atoms with Gasteiger partial charge in [-0.2, -0.15) is 18.4 Å². The van der Waals surface area contributed by atoms with Gasteiger partial charge in [0.2, 0.25) is 0 Å². The highest BCUT2D eigenvalue weighted by molar-refractivity contribution is 6.03. The van der Waals surface area contributed by atoms with E-state index >= 15 is 0 Å². The molecule has 49 heavy (non-hydrogen) atoms. The second-order valence-electron chi connectivity index (χ2n) is 12.6. The molecule has 0 saturated heterocycles. The van der Waals surface area contributed by atoms with Crippen molar-refractivity contribution < 1.29 is 22.8 Å². The van der Waals surface area contributed by atoms with Gasteiger partial charge in [-0.1, -0.05) is 79.0 Å². The summed E-state index contributed by atoms with van der Waals surface area (Å²) in [5, 5.41) is 18.9. The number of urea groups is 1. The lowest BCUT2D eigenvalue weighted by Crippen LogP contribution is -2.42. The molecule has 7 rings (SSSR count). The Morgan fingerprint density at radius 3 is 2.35 bits per heavy atom. The van der Waals surface area contributed by atoms with Gasteiger partial charge in [-0.25, -0.2) is 4.79 Å². The number of hydrogen-bond donors (Lipinski definition) is 3. The molecule has 250 valence electrons. The van der Waals surface area contributed by atoms with Crippen molar-refractivity contribution in [2.75, 3.05) is 10.2 Å². The standard InChI is InChI=1S/C37H34F3N7O2/c38-37(39,40)28-17-14-27-20-33(31-9-5-4-8-30(31)32(27)21-28)41-36(49)47(29-18-15-25(16-19-29)24-6-2-1-3-7-24)22-23-10-12-26(13-11-23)34(48)42-35-43-45-46-44-35/h4-5,8-19,21,24,33H,1-3,6-7,20,22H2,(H,41,49)(H2,42,43,44,45,46,48). The number of alkyl halides is 3. The van der Waals surface area contributed by atoms with Crippen molar-refractivity contribution >= 4 is 23.6 Å². The van der Waals surface area contributed by atoms with Crippen LogP contribution in [0.1, 0.15) is 82.2 Å². The molecule has 1 unspecified atom stereocenters. The summed E-state index contributed by atoms with van der Waals surface area (Å²) in [6.45, 7) is 0.210. The van der Waals surface area contributed by atoms with Crippen LogP contribution < -0.4 is 15.5 Å². The summed E-state index contributed by atoms with van der Waals surface area (Å²) in [5.74, 6) is 0.161. The van der Waals surface area contributed by atoms with E-state index in [9.17, 15) is 22.8 Å². The number of carbonyl (C=O) groups excluding carboxylic acids is 2. The highest BCUT2D eigenvalue weighted by Crippen LogP contribution is 2.42. The zero-order valence-electron chi connectivity index (χ0n) is 26.5. The van der Waals surface area contributed by atoms with Gasteiger partial charge in [0.05, 0.1) is 18.2 Å². The number of nitrogens with one attached hydrogen (secondary N) is 3. The number of nitrogens with zero attached hydrogens (tertiary/aromatic N) is 4. The van der Waals surface area contributed by atoms with Crippen molar-refractivity contribution in [1.29, 1.82) is 0 Å². The largest absolute Gasteiger partial charge is 0.416 e. The maximum absolute atomic E-state index is 14.2. The van der Waals surface area contributed by atoms with Crippen LogP contribution in [-0.2, 0) is 19.1 Å². The van der Waals surface area contributed by atoms with E-state index in [1.54, 1.807) is 41.3 Å². The van der Waals surface area contributed by atoms with Gasteiger partial charge in [0, 0.05) is 11.3 Å². The summed E-state index contributed by atoms with van der Waals surface area (Å²) in [7, 11) is 0. The summed E-state index contributed by atoms with van der Waals surface area (Å²) in [6.07, 6.45) is 1.89. The Bertz CT molecular complexity index is 1940. The molecule has 12 heteroatoms. The van der Waals surface area contributed by atoms with Gasteiger partial charge in [0.1, 0.15) is 0 Å². The first-order valence-electron chi connectivity index (χ1n) is 16.3. The summed E-state index contributed by atoms with van der Waals surface area (Å²) in [6, 6.07) is 25.3. The molecule has 0 aliphatic heterocycles. The lowest BCUT2D eigenvalue weighted by Gasteiger charge is -2.32. The number of tetrazole rings is 1. The maximum Gasteiger partial charge on any atom is 0.416 e. The third kappa shape index (κ3) is 7.03. The number of H-pyrrole nitrogens is 1. The Kier molecular flexibility index (Phi) is 8.85. The minimum atomic E-state index is -4.46. The Hall–Kier alpha value is -5.52. The second kappa shape index (κ2) is 13.5. The third-order valence-electron chi connectivity index (χ3n) is 9.44. The van der Waals surface area contributed by atoms with Gasteiger partial charge in [0.15, 0.2) is 0 Å². The van der Waals surface area contributed by atoms with Gasteiger partial charge in [-0.3, -0.25) is 15.0 Å². The van der Waals surface area contributed by atoms with Crippen LogP contribution in [0.25, 0.3) is 11.1 Å². The van der Waals surface area contributed by atoms with Crippen molar-refractivity contribution in [2.24, 2.45) is 0 Å². The molecule has 3 amide bonds. The monoisotopic (exact) mass is 665 g/mol. The number of aromatic amines is 1. The van der Waals surface area contributed by atoms with E-state index in [4.69, 9.17) is 0 Å². The normalized spacial score (nSPS) is 15.9. The molecule has 0 spiro atoms. The van der Waals surface area contributed by atoms with E-state index in [2.05, 4.69) is 43.4 Å². The van der Waals surface area contributed by atoms with Crippen molar-refractivity contribution in [3.05, 3.63) is 124 Å². The van der Waals surface area contributed by atoms with Crippen LogP contribution in [0.3, 0.4) is 0 Å². The summed E-state index contributed by atoms with van der Waals surface area (Å²) in [4.78, 5) is 28.6. The highest BCUT2D eigenvalue weighted by atomic mass is 19.4. The molecular weight excluding hydrogens is 631 g/mol. The predicted octanol–water partition coefficient (Wildman–Crippen LogP) is 8.20. The number of rotatable bonds is 7. The van der Waals surface area contributed by atoms with Crippen LogP contribution in [0.2, 0.25) is 0 Å². The SMILES string of the molecule is O=C(Nc1nn[nH]n1)c1ccc(CN(C(=O)NC2Cc3ccc(C(F)(F)F)cc3-c3ccccc32)c2ccc(C3CCCCC3)cc2)cc1. The van der Waals surface area contributed by atoms with E-state index in [1.165, 1.54) is 37.0 Å². The van der Waals surface area contributed by atoms with Gasteiger partial charge < -0.3 is 5.32 Å². The highest BCUT2D eigenvalue weighted by Gasteiger charge is 2.34. The van der Waals surface area contributed by atoms with E-state index in [1.807, 2.05) is 24.3 Å². The lowest BCUT2D eigenvalue weighted by atomic mass is 9.82. The zero-order chi connectivity index (χ0) is 34.0. The average Bonchev–Trinajstić information content (AvgIpc) is 3.64. The van der Waals surface area contributed by atoms with Crippen molar-refractivity contribution in [1.82, 2.24) is 25.9 Å². The number of aromatic nitrogens is 4. The van der Waals surface area contributed by atoms with Crippen molar-refractivity contribution in [3.8, 4) is 11.1 Å². The fourth-order valence-corrected chi connectivity index (χ4v) is 6.89. The number of halogens is 3. The topological polar surface area (TPSA) is 116 Å². The van der Waals surface area contributed by atoms with E-state index in [0.29, 0.717) is 34.7 Å². The van der Waals surface area contributed by atoms with Crippen LogP contribution in [0, 0.1) is 0 Å². The van der Waals surface area contributed by atoms with Crippen molar-refractivity contribution in [2.45, 2.75) is 63.2 Å². The summed E-state index contributed by atoms with van der Waals surface area (Å²) in [5.41, 5.74) is 5.11. The number of anilines is 2. The Morgan fingerprint density at radius 1 is 0.878 bits per heavy atom. The van der Waals surface area contributed by atoms with E-state index in [-0.39, 0.29) is 18.5 Å². The molecule has 0 bridgehead atoms. The fourth-order valence-electron chi connectivity index (χ4n) is 6.89. The number of hydrogen-bond acceptors (Lipinski definition) is 5. The smallest absolute Gasteiger partial charge is 0.331 e. The third-order valence-corrected chi connectivity index (χ3v) is 9.44. The minimum Gasteiger partial charge on any atom is -0.331 e. The molecule has 0 radical (unpaired) electrons. The molecule has 1 atom stereocenters. The van der Waals surface area contributed by atoms with Crippen LogP contribution >= 0.6 is 0 Å². The van der Waals surface area contributed by atoms with Gasteiger partial charge in [-0.05, 0) is 100 Å². The molecular formula is C37H34F3N7O2. The van der Waals surface area contributed by atoms with Crippen molar-refractivity contribution in [3.63, 3.8) is 0 Å². The molecule has 1 fully saturated rings. The first kappa shape index (κ1) is 32.0. The number of benzene rings is 4. The molecule has 3 N–H and O–H groups in total. The minimum absolute atomic E-state index is 0.0568. The maximum atomic E-state index is 14.2. The molecule has 1 heterocycles. The lowest BCUT2D eigenvalue weighted by molar-refractivity contribution is -0.137. The van der Waals surface area contributed by atoms with Gasteiger partial charge in [-0.15, -0.1) is 5.10 Å². The molecule has 1 saturated carbocycles. The molecule has 2 aliphatic rings. The Morgan fingerprint density at radius 2 is 1.63 bits per heavy atom. The predicted molar refractivity (Wildman–Crippen MR) is 179 cm³/mol. The number of carbonyl (C=O) groups is 2. The first-order valence-corrected chi connectivity index (χ1v) is 16.3. The van der Waals surface area contributed by atoms with Crippen LogP contribution in [0.5, 0.6) is 0 Å². The van der Waals surface area contributed by atoms with Gasteiger partial charge in [0.25, 0.3) is 11.9 Å². The van der Waals surface area contributed by atoms with E-state index in [0.717, 1.165) is 35.6 Å². The number of fused-ring (bicyclic) bond motifs is 3. The van der Waals surface area contributed by atoms with Crippen LogP contribution in [-0.4, -0.2) is 32.6 Å². The van der Waals surface area contributed by atoms with E-state index < -0.39 is 23.7 Å². The number of amides is 3. The Balaban J connectivity index is 1.15. The molecule has 2 aliphatic carbocycles. The average molecular weight is 666 g/mol. The van der Waals surface area contributed by atoms with Crippen LogP contribution in [0.15, 0.2) is 91.0 Å². The molecule has 9 nitrogen and oxygen atoms in total. The van der Waals surface area contributed by atoms with Crippen LogP contribution in [0.4, 0.5) is 29.6 Å². The zero-order valence-corrected chi connectivity index (χ0v) is 26.5. The molecule has 4 aromatic carbocycles. The Labute approximate surface area is 280 Å². The fraction of sp³-hybridized carbons (Fsp3) is 0.270. The second-order valence-corrected chi connectivity index (χ2v) is 12.6. The quantitative estimate of drug-likeness (QED) is 0.162. The molecule has 5 aromatic rings. The van der Waals surface area contributed by atoms with Gasteiger partial charge >= 0.3 is 12.2 Å². The first-order chi connectivity index (χ1) is 23.7. The molecule has 1 aromatic heterocycles.